The number of aromatic nitrogens is 2. The molecule has 2 aromatic carbocycles. The van der Waals surface area contributed by atoms with Crippen molar-refractivity contribution in [2.75, 3.05) is 0 Å². The van der Waals surface area contributed by atoms with Crippen LogP contribution in [0.15, 0.2) is 54.9 Å². The lowest BCUT2D eigenvalue weighted by atomic mass is 10.0. The molecule has 0 saturated carbocycles. The molecule has 2 N–H and O–H groups in total. The van der Waals surface area contributed by atoms with Gasteiger partial charge in [0.25, 0.3) is 0 Å². The van der Waals surface area contributed by atoms with E-state index >= 15 is 0 Å². The number of hydrogen-bond donors (Lipinski definition) is 1. The molecule has 0 aliphatic heterocycles. The molecule has 0 amide bonds. The van der Waals surface area contributed by atoms with E-state index in [0.717, 1.165) is 18.8 Å². The molecular weight excluding hydrogens is 246 g/mol. The van der Waals surface area contributed by atoms with E-state index in [-0.39, 0.29) is 6.04 Å². The van der Waals surface area contributed by atoms with Gasteiger partial charge in [0.1, 0.15) is 5.82 Å². The summed E-state index contributed by atoms with van der Waals surface area (Å²) in [5, 5.41) is 2.52. The van der Waals surface area contributed by atoms with Crippen molar-refractivity contribution in [3.63, 3.8) is 0 Å². The Hall–Kier alpha value is -2.13. The molecule has 0 radical (unpaired) electrons. The van der Waals surface area contributed by atoms with Gasteiger partial charge in [-0.15, -0.1) is 0 Å². The predicted octanol–water partition coefficient (Wildman–Crippen LogP) is 3.30. The maximum atomic E-state index is 6.31. The second-order valence-corrected chi connectivity index (χ2v) is 5.06. The summed E-state index contributed by atoms with van der Waals surface area (Å²) in [5.41, 5.74) is 7.56. The summed E-state index contributed by atoms with van der Waals surface area (Å²) in [7, 11) is 0. The van der Waals surface area contributed by atoms with E-state index in [0.29, 0.717) is 0 Å². The average molecular weight is 265 g/mol. The van der Waals surface area contributed by atoms with E-state index in [1.807, 2.05) is 12.4 Å². The number of aryl methyl sites for hydroxylation is 1. The zero-order valence-electron chi connectivity index (χ0n) is 11.7. The van der Waals surface area contributed by atoms with Gasteiger partial charge in [0, 0.05) is 18.9 Å². The number of rotatable bonds is 4. The molecule has 102 valence electrons. The lowest BCUT2D eigenvalue weighted by Crippen LogP contribution is -2.18. The Bertz CT molecular complexity index is 715. The Morgan fingerprint density at radius 3 is 2.75 bits per heavy atom. The highest BCUT2D eigenvalue weighted by molar-refractivity contribution is 5.82. The van der Waals surface area contributed by atoms with Gasteiger partial charge in [-0.2, -0.15) is 0 Å². The fourth-order valence-corrected chi connectivity index (χ4v) is 2.63. The molecule has 0 aliphatic carbocycles. The first-order valence-corrected chi connectivity index (χ1v) is 7.02. The smallest absolute Gasteiger partial charge is 0.125 e. The number of nitrogens with zero attached hydrogens (tertiary/aromatic N) is 2. The zero-order chi connectivity index (χ0) is 13.9. The van der Waals surface area contributed by atoms with Crippen molar-refractivity contribution in [3.8, 4) is 0 Å². The summed E-state index contributed by atoms with van der Waals surface area (Å²) in [4.78, 5) is 4.38. The molecule has 20 heavy (non-hydrogen) atoms. The van der Waals surface area contributed by atoms with Gasteiger partial charge >= 0.3 is 0 Å². The number of fused-ring (bicyclic) bond motifs is 1. The second-order valence-electron chi connectivity index (χ2n) is 5.06. The molecule has 0 fully saturated rings. The Balaban J connectivity index is 1.85. The standard InChI is InChI=1S/C17H19N3/c1-2-20-10-9-19-17(20)16(18)12-13-7-8-14-5-3-4-6-15(14)11-13/h3-11,16H,2,12,18H2,1H3. The summed E-state index contributed by atoms with van der Waals surface area (Å²) >= 11 is 0. The van der Waals surface area contributed by atoms with Crippen LogP contribution in [0.4, 0.5) is 0 Å². The van der Waals surface area contributed by atoms with E-state index in [4.69, 9.17) is 5.73 Å². The molecule has 3 nitrogen and oxygen atoms in total. The van der Waals surface area contributed by atoms with Crippen LogP contribution in [0.25, 0.3) is 10.8 Å². The number of imidazole rings is 1. The van der Waals surface area contributed by atoms with Gasteiger partial charge in [-0.3, -0.25) is 0 Å². The van der Waals surface area contributed by atoms with Gasteiger partial charge in [0.05, 0.1) is 6.04 Å². The average Bonchev–Trinajstić information content (AvgIpc) is 2.95. The quantitative estimate of drug-likeness (QED) is 0.786. The monoisotopic (exact) mass is 265 g/mol. The highest BCUT2D eigenvalue weighted by Gasteiger charge is 2.12. The van der Waals surface area contributed by atoms with E-state index in [1.165, 1.54) is 16.3 Å². The van der Waals surface area contributed by atoms with Crippen LogP contribution in [-0.2, 0) is 13.0 Å². The van der Waals surface area contributed by atoms with Crippen LogP contribution in [-0.4, -0.2) is 9.55 Å². The predicted molar refractivity (Wildman–Crippen MR) is 82.5 cm³/mol. The normalized spacial score (nSPS) is 12.7. The Morgan fingerprint density at radius 2 is 1.95 bits per heavy atom. The third-order valence-corrected chi connectivity index (χ3v) is 3.69. The molecule has 0 saturated heterocycles. The topological polar surface area (TPSA) is 43.8 Å². The lowest BCUT2D eigenvalue weighted by Gasteiger charge is -2.13. The van der Waals surface area contributed by atoms with Crippen LogP contribution in [0.5, 0.6) is 0 Å². The van der Waals surface area contributed by atoms with Crippen LogP contribution in [0, 0.1) is 0 Å². The van der Waals surface area contributed by atoms with Crippen molar-refractivity contribution >= 4 is 10.8 Å². The van der Waals surface area contributed by atoms with E-state index in [2.05, 4.69) is 58.9 Å². The highest BCUT2D eigenvalue weighted by atomic mass is 15.1. The maximum absolute atomic E-state index is 6.31. The number of hydrogen-bond acceptors (Lipinski definition) is 2. The van der Waals surface area contributed by atoms with Gasteiger partial charge in [-0.1, -0.05) is 42.5 Å². The van der Waals surface area contributed by atoms with Crippen molar-refractivity contribution in [2.24, 2.45) is 5.73 Å². The largest absolute Gasteiger partial charge is 0.334 e. The van der Waals surface area contributed by atoms with E-state index in [9.17, 15) is 0 Å². The van der Waals surface area contributed by atoms with Gasteiger partial charge < -0.3 is 10.3 Å². The fourth-order valence-electron chi connectivity index (χ4n) is 2.63. The molecule has 3 aromatic rings. The van der Waals surface area contributed by atoms with Crippen LogP contribution < -0.4 is 5.73 Å². The minimum Gasteiger partial charge on any atom is -0.334 e. The van der Waals surface area contributed by atoms with E-state index < -0.39 is 0 Å². The second kappa shape index (κ2) is 5.47. The molecule has 3 heteroatoms. The van der Waals surface area contributed by atoms with Gasteiger partial charge in [-0.25, -0.2) is 4.98 Å². The van der Waals surface area contributed by atoms with Gasteiger partial charge in [0.2, 0.25) is 0 Å². The van der Waals surface area contributed by atoms with Crippen molar-refractivity contribution in [1.82, 2.24) is 9.55 Å². The Labute approximate surface area is 119 Å². The molecule has 1 heterocycles. The van der Waals surface area contributed by atoms with E-state index in [1.54, 1.807) is 0 Å². The summed E-state index contributed by atoms with van der Waals surface area (Å²) in [6, 6.07) is 14.9. The zero-order valence-corrected chi connectivity index (χ0v) is 11.7. The third kappa shape index (κ3) is 2.45. The van der Waals surface area contributed by atoms with Crippen molar-refractivity contribution < 1.29 is 0 Å². The minimum absolute atomic E-state index is 0.0638. The van der Waals surface area contributed by atoms with Gasteiger partial charge in [-0.05, 0) is 29.7 Å². The van der Waals surface area contributed by atoms with Crippen molar-refractivity contribution in [3.05, 3.63) is 66.2 Å². The summed E-state index contributed by atoms with van der Waals surface area (Å²) < 4.78 is 2.10. The van der Waals surface area contributed by atoms with Crippen molar-refractivity contribution in [2.45, 2.75) is 25.9 Å². The number of nitrogens with two attached hydrogens (primary N) is 1. The molecule has 3 rings (SSSR count). The lowest BCUT2D eigenvalue weighted by molar-refractivity contribution is 0.600. The third-order valence-electron chi connectivity index (χ3n) is 3.69. The molecule has 1 atom stereocenters. The molecular formula is C17H19N3. The fraction of sp³-hybridized carbons (Fsp3) is 0.235. The van der Waals surface area contributed by atoms with Gasteiger partial charge in [0.15, 0.2) is 0 Å². The molecule has 0 bridgehead atoms. The summed E-state index contributed by atoms with van der Waals surface area (Å²) in [6.45, 7) is 3.01. The highest BCUT2D eigenvalue weighted by Crippen LogP contribution is 2.20. The van der Waals surface area contributed by atoms with Crippen LogP contribution >= 0.6 is 0 Å². The van der Waals surface area contributed by atoms with Crippen LogP contribution in [0.1, 0.15) is 24.4 Å². The molecule has 0 aliphatic rings. The first-order chi connectivity index (χ1) is 9.78. The maximum Gasteiger partial charge on any atom is 0.125 e. The molecule has 1 aromatic heterocycles. The first-order valence-electron chi connectivity index (χ1n) is 7.02. The summed E-state index contributed by atoms with van der Waals surface area (Å²) in [6.07, 6.45) is 4.61. The van der Waals surface area contributed by atoms with Crippen LogP contribution in [0.2, 0.25) is 0 Å². The Morgan fingerprint density at radius 1 is 1.15 bits per heavy atom. The number of benzene rings is 2. The van der Waals surface area contributed by atoms with Crippen LogP contribution in [0.3, 0.4) is 0 Å². The SMILES string of the molecule is CCn1ccnc1C(N)Cc1ccc2ccccc2c1. The van der Waals surface area contributed by atoms with Crippen molar-refractivity contribution in [1.29, 1.82) is 0 Å². The molecule has 1 unspecified atom stereocenters. The Kier molecular flexibility index (Phi) is 3.52. The first kappa shape index (κ1) is 12.9. The summed E-state index contributed by atoms with van der Waals surface area (Å²) in [5.74, 6) is 0.959. The minimum atomic E-state index is -0.0638. The molecule has 0 spiro atoms.